The van der Waals surface area contributed by atoms with E-state index in [1.165, 1.54) is 16.1 Å². The quantitative estimate of drug-likeness (QED) is 0.411. The highest BCUT2D eigenvalue weighted by atomic mass is 32.2. The highest BCUT2D eigenvalue weighted by Crippen LogP contribution is 2.52. The van der Waals surface area contributed by atoms with Crippen molar-refractivity contribution in [3.63, 3.8) is 0 Å². The Hall–Kier alpha value is -3.51. The van der Waals surface area contributed by atoms with Crippen molar-refractivity contribution in [2.75, 3.05) is 12.0 Å². The molecule has 5 nitrogen and oxygen atoms in total. The van der Waals surface area contributed by atoms with Crippen LogP contribution in [0.2, 0.25) is 0 Å². The van der Waals surface area contributed by atoms with Gasteiger partial charge in [0.1, 0.15) is 5.75 Å². The van der Waals surface area contributed by atoms with Gasteiger partial charge in [-0.05, 0) is 60.6 Å². The van der Waals surface area contributed by atoms with E-state index < -0.39 is 0 Å². The molecule has 0 N–H and O–H groups in total. The number of fused-ring (bicyclic) bond motifs is 4. The van der Waals surface area contributed by atoms with Crippen molar-refractivity contribution in [1.29, 1.82) is 0 Å². The number of hydrogen-bond acceptors (Lipinski definition) is 5. The number of ether oxygens (including phenoxy) is 1. The number of aromatic nitrogens is 2. The zero-order valence-electron chi connectivity index (χ0n) is 17.2. The Morgan fingerprint density at radius 1 is 0.903 bits per heavy atom. The van der Waals surface area contributed by atoms with Crippen LogP contribution >= 0.6 is 11.8 Å². The summed E-state index contributed by atoms with van der Waals surface area (Å²) in [5, 5.41) is 5.88. The van der Waals surface area contributed by atoms with Gasteiger partial charge in [-0.1, -0.05) is 42.5 Å². The predicted octanol–water partition coefficient (Wildman–Crippen LogP) is 5.89. The Bertz CT molecular complexity index is 1310. The van der Waals surface area contributed by atoms with Crippen LogP contribution in [0.4, 0.5) is 11.5 Å². The Morgan fingerprint density at radius 3 is 2.42 bits per heavy atom. The van der Waals surface area contributed by atoms with Crippen molar-refractivity contribution in [2.45, 2.75) is 17.9 Å². The molecule has 152 valence electrons. The lowest BCUT2D eigenvalue weighted by Gasteiger charge is -2.33. The molecule has 1 atom stereocenters. The Morgan fingerprint density at radius 2 is 1.65 bits per heavy atom. The number of thioether (sulfide) groups is 1. The van der Waals surface area contributed by atoms with Crippen LogP contribution in [0.1, 0.15) is 22.9 Å². The number of anilines is 1. The van der Waals surface area contributed by atoms with Gasteiger partial charge in [-0.25, -0.2) is 9.67 Å². The molecule has 31 heavy (non-hydrogen) atoms. The highest BCUT2D eigenvalue weighted by molar-refractivity contribution is 8.14. The van der Waals surface area contributed by atoms with Gasteiger partial charge in [-0.15, -0.1) is 0 Å². The maximum Gasteiger partial charge on any atom is 0.176 e. The van der Waals surface area contributed by atoms with E-state index in [4.69, 9.17) is 14.8 Å². The molecule has 1 unspecified atom stereocenters. The minimum atomic E-state index is -0.0120. The SMILES string of the molecule is COc1ccc(C2c3c(C)nn(-c4ccccc4)c3N=C3Sc4ccccc4N32)cc1. The van der Waals surface area contributed by atoms with Crippen LogP contribution in [-0.4, -0.2) is 22.1 Å². The fraction of sp³-hybridized carbons (Fsp3) is 0.120. The van der Waals surface area contributed by atoms with Gasteiger partial charge in [0.15, 0.2) is 11.0 Å². The van der Waals surface area contributed by atoms with E-state index in [0.717, 1.165) is 33.7 Å². The number of benzene rings is 3. The molecule has 0 spiro atoms. The second-order valence-corrected chi connectivity index (χ2v) is 8.59. The summed E-state index contributed by atoms with van der Waals surface area (Å²) in [6.45, 7) is 2.07. The van der Waals surface area contributed by atoms with Crippen LogP contribution in [0.5, 0.6) is 5.75 Å². The molecule has 6 rings (SSSR count). The molecule has 0 bridgehead atoms. The van der Waals surface area contributed by atoms with Crippen molar-refractivity contribution < 1.29 is 4.74 Å². The Kier molecular flexibility index (Phi) is 4.14. The van der Waals surface area contributed by atoms with Crippen LogP contribution in [0.3, 0.4) is 0 Å². The second-order valence-electron chi connectivity index (χ2n) is 7.58. The van der Waals surface area contributed by atoms with Crippen LogP contribution in [0, 0.1) is 6.92 Å². The van der Waals surface area contributed by atoms with Crippen LogP contribution in [0.25, 0.3) is 5.69 Å². The fourth-order valence-corrected chi connectivity index (χ4v) is 5.39. The van der Waals surface area contributed by atoms with Crippen molar-refractivity contribution >= 4 is 28.4 Å². The van der Waals surface area contributed by atoms with E-state index in [1.54, 1.807) is 18.9 Å². The van der Waals surface area contributed by atoms with Gasteiger partial charge in [0.2, 0.25) is 0 Å². The lowest BCUT2D eigenvalue weighted by molar-refractivity contribution is 0.414. The number of nitrogens with zero attached hydrogens (tertiary/aromatic N) is 4. The molecule has 0 amide bonds. The number of para-hydroxylation sites is 2. The van der Waals surface area contributed by atoms with Crippen LogP contribution in [0.15, 0.2) is 88.8 Å². The van der Waals surface area contributed by atoms with Gasteiger partial charge in [0.05, 0.1) is 30.2 Å². The summed E-state index contributed by atoms with van der Waals surface area (Å²) >= 11 is 1.71. The standard InChI is InChI=1S/C25H20N4OS/c1-16-22-23(17-12-14-19(30-2)15-13-17)28-20-10-6-7-11-21(20)31-25(28)26-24(22)29(27-16)18-8-4-3-5-9-18/h3-15,23H,1-2H3. The van der Waals surface area contributed by atoms with Gasteiger partial charge < -0.3 is 9.64 Å². The molecule has 3 aromatic carbocycles. The van der Waals surface area contributed by atoms with Gasteiger partial charge in [0.25, 0.3) is 0 Å². The van der Waals surface area contributed by atoms with E-state index in [9.17, 15) is 0 Å². The summed E-state index contributed by atoms with van der Waals surface area (Å²) in [6.07, 6.45) is 0. The lowest BCUT2D eigenvalue weighted by atomic mass is 9.95. The minimum Gasteiger partial charge on any atom is -0.497 e. The first-order valence-electron chi connectivity index (χ1n) is 10.2. The summed E-state index contributed by atoms with van der Waals surface area (Å²) in [7, 11) is 1.69. The summed E-state index contributed by atoms with van der Waals surface area (Å²) in [5.41, 5.74) is 5.50. The lowest BCUT2D eigenvalue weighted by Crippen LogP contribution is -2.33. The summed E-state index contributed by atoms with van der Waals surface area (Å²) in [4.78, 5) is 8.68. The molecule has 0 aliphatic carbocycles. The number of rotatable bonds is 3. The third-order valence-electron chi connectivity index (χ3n) is 5.78. The Labute approximate surface area is 185 Å². The van der Waals surface area contributed by atoms with Crippen LogP contribution < -0.4 is 9.64 Å². The first-order valence-corrected chi connectivity index (χ1v) is 11.0. The van der Waals surface area contributed by atoms with Crippen molar-refractivity contribution in [1.82, 2.24) is 9.78 Å². The normalized spacial score (nSPS) is 16.4. The summed E-state index contributed by atoms with van der Waals surface area (Å²) < 4.78 is 7.36. The zero-order chi connectivity index (χ0) is 20.9. The third kappa shape index (κ3) is 2.79. The third-order valence-corrected chi connectivity index (χ3v) is 6.81. The Balaban J connectivity index is 1.60. The number of hydrogen-bond donors (Lipinski definition) is 0. The van der Waals surface area contributed by atoms with E-state index in [1.807, 2.05) is 35.0 Å². The first kappa shape index (κ1) is 18.3. The molecule has 1 aromatic heterocycles. The molecule has 2 aliphatic rings. The average Bonchev–Trinajstić information content (AvgIpc) is 3.36. The highest BCUT2D eigenvalue weighted by Gasteiger charge is 2.41. The molecule has 6 heteroatoms. The number of amidine groups is 1. The zero-order valence-corrected chi connectivity index (χ0v) is 18.0. The largest absolute Gasteiger partial charge is 0.497 e. The number of aryl methyl sites for hydroxylation is 1. The average molecular weight is 425 g/mol. The molecule has 0 saturated carbocycles. The first-order chi connectivity index (χ1) is 15.2. The van der Waals surface area contributed by atoms with Crippen molar-refractivity contribution in [3.05, 3.63) is 95.7 Å². The number of methoxy groups -OCH3 is 1. The molecule has 0 saturated heterocycles. The van der Waals surface area contributed by atoms with E-state index in [-0.39, 0.29) is 6.04 Å². The summed E-state index contributed by atoms with van der Waals surface area (Å²) in [6, 6.07) is 27.0. The maximum atomic E-state index is 5.40. The molecule has 0 radical (unpaired) electrons. The molecule has 4 aromatic rings. The van der Waals surface area contributed by atoms with Gasteiger partial charge >= 0.3 is 0 Å². The van der Waals surface area contributed by atoms with E-state index in [2.05, 4.69) is 60.4 Å². The molecule has 3 heterocycles. The monoisotopic (exact) mass is 424 g/mol. The van der Waals surface area contributed by atoms with E-state index >= 15 is 0 Å². The van der Waals surface area contributed by atoms with Gasteiger partial charge in [-0.3, -0.25) is 0 Å². The minimum absolute atomic E-state index is 0.0120. The summed E-state index contributed by atoms with van der Waals surface area (Å²) in [5.74, 6) is 1.75. The molecular weight excluding hydrogens is 404 g/mol. The van der Waals surface area contributed by atoms with Crippen molar-refractivity contribution in [2.24, 2.45) is 4.99 Å². The number of aliphatic imine (C=N–C) groups is 1. The van der Waals surface area contributed by atoms with Gasteiger partial charge in [0, 0.05) is 10.5 Å². The predicted molar refractivity (Wildman–Crippen MR) is 125 cm³/mol. The smallest absolute Gasteiger partial charge is 0.176 e. The van der Waals surface area contributed by atoms with E-state index in [0.29, 0.717) is 0 Å². The molecule has 2 aliphatic heterocycles. The topological polar surface area (TPSA) is 42.6 Å². The van der Waals surface area contributed by atoms with Crippen molar-refractivity contribution in [3.8, 4) is 11.4 Å². The fourth-order valence-electron chi connectivity index (χ4n) is 4.34. The maximum absolute atomic E-state index is 5.40. The molecule has 0 fully saturated rings. The van der Waals surface area contributed by atoms with Crippen LogP contribution in [-0.2, 0) is 0 Å². The van der Waals surface area contributed by atoms with Gasteiger partial charge in [-0.2, -0.15) is 5.10 Å². The molecular formula is C25H20N4OS. The second kappa shape index (κ2) is 7.03.